The van der Waals surface area contributed by atoms with E-state index in [2.05, 4.69) is 17.0 Å². The second-order valence-corrected chi connectivity index (χ2v) is 9.45. The van der Waals surface area contributed by atoms with E-state index in [1.807, 2.05) is 24.3 Å². The van der Waals surface area contributed by atoms with E-state index in [1.165, 1.54) is 15.9 Å². The predicted molar refractivity (Wildman–Crippen MR) is 136 cm³/mol. The number of aromatic nitrogens is 3. The van der Waals surface area contributed by atoms with Crippen molar-refractivity contribution in [2.45, 2.75) is 19.8 Å². The lowest BCUT2D eigenvalue weighted by Crippen LogP contribution is -2.23. The summed E-state index contributed by atoms with van der Waals surface area (Å²) < 4.78 is 13.4. The molecule has 0 saturated heterocycles. The van der Waals surface area contributed by atoms with Gasteiger partial charge in [-0.2, -0.15) is 9.50 Å². The van der Waals surface area contributed by atoms with Crippen LogP contribution in [-0.4, -0.2) is 21.2 Å². The SMILES string of the molecule is CCCCOc1ccc(-c2nc3s/c(=C\c4ccc(-c5cc(Cl)ccc5Cl)o4)c(=O)n3n2)cc1. The molecule has 0 aliphatic carbocycles. The molecule has 6 nitrogen and oxygen atoms in total. The fraction of sp³-hybridized carbons (Fsp3) is 0.160. The molecule has 5 aromatic rings. The molecule has 3 heterocycles. The minimum Gasteiger partial charge on any atom is -0.494 e. The van der Waals surface area contributed by atoms with Crippen molar-refractivity contribution in [3.05, 3.63) is 85.3 Å². The lowest BCUT2D eigenvalue weighted by atomic mass is 10.2. The van der Waals surface area contributed by atoms with Crippen molar-refractivity contribution in [3.8, 4) is 28.5 Å². The van der Waals surface area contributed by atoms with Gasteiger partial charge in [0.25, 0.3) is 5.56 Å². The Morgan fingerprint density at radius 1 is 1.12 bits per heavy atom. The van der Waals surface area contributed by atoms with Crippen molar-refractivity contribution >= 4 is 45.6 Å². The van der Waals surface area contributed by atoms with Gasteiger partial charge in [-0.05, 0) is 61.0 Å². The summed E-state index contributed by atoms with van der Waals surface area (Å²) in [5, 5.41) is 5.49. The van der Waals surface area contributed by atoms with E-state index in [-0.39, 0.29) is 5.56 Å². The van der Waals surface area contributed by atoms with E-state index in [0.29, 0.717) is 49.1 Å². The van der Waals surface area contributed by atoms with Crippen LogP contribution in [0.1, 0.15) is 25.5 Å². The van der Waals surface area contributed by atoms with Crippen molar-refractivity contribution in [1.29, 1.82) is 0 Å². The largest absolute Gasteiger partial charge is 0.494 e. The van der Waals surface area contributed by atoms with Gasteiger partial charge in [0.15, 0.2) is 5.82 Å². The molecule has 0 saturated carbocycles. The van der Waals surface area contributed by atoms with Crippen LogP contribution >= 0.6 is 34.5 Å². The molecule has 0 radical (unpaired) electrons. The third-order valence-electron chi connectivity index (χ3n) is 5.15. The van der Waals surface area contributed by atoms with Crippen LogP contribution in [0, 0.1) is 0 Å². The molecule has 0 aliphatic heterocycles. The Morgan fingerprint density at radius 3 is 2.71 bits per heavy atom. The lowest BCUT2D eigenvalue weighted by Gasteiger charge is -2.05. The standard InChI is InChI=1S/C25H19Cl2N3O3S/c1-2-3-12-32-17-7-4-15(5-8-17)23-28-25-30(29-23)24(31)22(34-25)14-18-9-11-21(33-18)19-13-16(26)6-10-20(19)27/h4-11,13-14H,2-3,12H2,1H3/b22-14-. The molecule has 34 heavy (non-hydrogen) atoms. The number of thiazole rings is 1. The van der Waals surface area contributed by atoms with Crippen LogP contribution in [-0.2, 0) is 0 Å². The highest BCUT2D eigenvalue weighted by Crippen LogP contribution is 2.32. The molecule has 172 valence electrons. The average molecular weight is 512 g/mol. The highest BCUT2D eigenvalue weighted by Gasteiger charge is 2.13. The average Bonchev–Trinajstić information content (AvgIpc) is 3.54. The first-order valence-corrected chi connectivity index (χ1v) is 12.3. The predicted octanol–water partition coefficient (Wildman–Crippen LogP) is 6.11. The van der Waals surface area contributed by atoms with E-state index in [9.17, 15) is 4.79 Å². The van der Waals surface area contributed by atoms with Crippen molar-refractivity contribution in [2.75, 3.05) is 6.61 Å². The Morgan fingerprint density at radius 2 is 1.94 bits per heavy atom. The maximum absolute atomic E-state index is 12.9. The van der Waals surface area contributed by atoms with Crippen LogP contribution < -0.4 is 14.8 Å². The highest BCUT2D eigenvalue weighted by atomic mass is 35.5. The first-order chi connectivity index (χ1) is 16.5. The van der Waals surface area contributed by atoms with Crippen LogP contribution in [0.15, 0.2) is 63.8 Å². The summed E-state index contributed by atoms with van der Waals surface area (Å²) in [6, 6.07) is 16.3. The van der Waals surface area contributed by atoms with Gasteiger partial charge in [-0.1, -0.05) is 47.9 Å². The molecule has 0 atom stereocenters. The number of hydrogen-bond donors (Lipinski definition) is 0. The molecular formula is C25H19Cl2N3O3S. The summed E-state index contributed by atoms with van der Waals surface area (Å²) in [6.07, 6.45) is 3.77. The lowest BCUT2D eigenvalue weighted by molar-refractivity contribution is 0.309. The van der Waals surface area contributed by atoms with Gasteiger partial charge in [0.05, 0.1) is 11.6 Å². The van der Waals surface area contributed by atoms with Gasteiger partial charge in [0, 0.05) is 22.2 Å². The number of halogens is 2. The number of furan rings is 1. The van der Waals surface area contributed by atoms with E-state index in [4.69, 9.17) is 32.4 Å². The monoisotopic (exact) mass is 511 g/mol. The first kappa shape index (κ1) is 22.7. The zero-order chi connectivity index (χ0) is 23.7. The molecule has 0 N–H and O–H groups in total. The topological polar surface area (TPSA) is 69.6 Å². The molecule has 0 fully saturated rings. The maximum atomic E-state index is 12.9. The quantitative estimate of drug-likeness (QED) is 0.246. The molecular weight excluding hydrogens is 493 g/mol. The van der Waals surface area contributed by atoms with Gasteiger partial charge in [0.2, 0.25) is 4.96 Å². The zero-order valence-corrected chi connectivity index (χ0v) is 20.5. The molecule has 0 aliphatic rings. The van der Waals surface area contributed by atoms with Gasteiger partial charge in [-0.3, -0.25) is 4.79 Å². The molecule has 0 bridgehead atoms. The summed E-state index contributed by atoms with van der Waals surface area (Å²) in [5.41, 5.74) is 1.25. The van der Waals surface area contributed by atoms with E-state index >= 15 is 0 Å². The molecule has 3 aromatic heterocycles. The number of benzene rings is 2. The van der Waals surface area contributed by atoms with Gasteiger partial charge in [0.1, 0.15) is 21.8 Å². The van der Waals surface area contributed by atoms with Gasteiger partial charge in [-0.15, -0.1) is 5.10 Å². The maximum Gasteiger partial charge on any atom is 0.291 e. The minimum absolute atomic E-state index is 0.253. The molecule has 0 amide bonds. The molecule has 5 rings (SSSR count). The third kappa shape index (κ3) is 4.59. The van der Waals surface area contributed by atoms with E-state index in [0.717, 1.165) is 24.2 Å². The Kier molecular flexibility index (Phi) is 6.41. The second kappa shape index (κ2) is 9.62. The fourth-order valence-corrected chi connectivity index (χ4v) is 4.65. The number of rotatable bonds is 7. The van der Waals surface area contributed by atoms with Crippen molar-refractivity contribution in [3.63, 3.8) is 0 Å². The Labute approximate surface area is 209 Å². The van der Waals surface area contributed by atoms with Crippen LogP contribution in [0.25, 0.3) is 33.7 Å². The second-order valence-electron chi connectivity index (χ2n) is 7.60. The third-order valence-corrected chi connectivity index (χ3v) is 6.68. The van der Waals surface area contributed by atoms with Gasteiger partial charge in [-0.25, -0.2) is 0 Å². The number of ether oxygens (including phenoxy) is 1. The number of unbranched alkanes of at least 4 members (excludes halogenated alkanes) is 1. The first-order valence-electron chi connectivity index (χ1n) is 10.7. The van der Waals surface area contributed by atoms with E-state index < -0.39 is 0 Å². The fourth-order valence-electron chi connectivity index (χ4n) is 3.38. The van der Waals surface area contributed by atoms with Crippen molar-refractivity contribution in [2.24, 2.45) is 0 Å². The van der Waals surface area contributed by atoms with Gasteiger partial charge >= 0.3 is 0 Å². The molecule has 9 heteroatoms. The summed E-state index contributed by atoms with van der Waals surface area (Å²) >= 11 is 13.6. The van der Waals surface area contributed by atoms with Gasteiger partial charge < -0.3 is 9.15 Å². The molecule has 2 aromatic carbocycles. The van der Waals surface area contributed by atoms with Crippen LogP contribution in [0.5, 0.6) is 5.75 Å². The Hall–Kier alpha value is -3.13. The molecule has 0 spiro atoms. The summed E-state index contributed by atoms with van der Waals surface area (Å²) in [5.74, 6) is 2.38. The minimum atomic E-state index is -0.253. The number of nitrogens with zero attached hydrogens (tertiary/aromatic N) is 3. The molecule has 0 unspecified atom stereocenters. The van der Waals surface area contributed by atoms with Crippen molar-refractivity contribution < 1.29 is 9.15 Å². The number of hydrogen-bond acceptors (Lipinski definition) is 6. The van der Waals surface area contributed by atoms with Crippen LogP contribution in [0.4, 0.5) is 0 Å². The van der Waals surface area contributed by atoms with Crippen LogP contribution in [0.3, 0.4) is 0 Å². The summed E-state index contributed by atoms with van der Waals surface area (Å²) in [7, 11) is 0. The Balaban J connectivity index is 1.41. The zero-order valence-electron chi connectivity index (χ0n) is 18.1. The Bertz CT molecular complexity index is 1570. The number of fused-ring (bicyclic) bond motifs is 1. The smallest absolute Gasteiger partial charge is 0.291 e. The van der Waals surface area contributed by atoms with Crippen LogP contribution in [0.2, 0.25) is 10.0 Å². The summed E-state index contributed by atoms with van der Waals surface area (Å²) in [6.45, 7) is 2.81. The summed E-state index contributed by atoms with van der Waals surface area (Å²) in [4.78, 5) is 17.9. The van der Waals surface area contributed by atoms with Crippen molar-refractivity contribution in [1.82, 2.24) is 14.6 Å². The highest BCUT2D eigenvalue weighted by molar-refractivity contribution is 7.15. The van der Waals surface area contributed by atoms with E-state index in [1.54, 1.807) is 36.4 Å². The normalized spacial score (nSPS) is 12.0.